The van der Waals surface area contributed by atoms with Crippen molar-refractivity contribution >= 4 is 47.8 Å². The lowest BCUT2D eigenvalue weighted by Crippen LogP contribution is -2.32. The number of carboxylic acid groups (broad SMARTS) is 1. The first-order valence-electron chi connectivity index (χ1n) is 27.1. The van der Waals surface area contributed by atoms with Gasteiger partial charge in [0.25, 0.3) is 17.8 Å². The van der Waals surface area contributed by atoms with Crippen molar-refractivity contribution in [2.45, 2.75) is 116 Å². The van der Waals surface area contributed by atoms with Gasteiger partial charge in [0.1, 0.15) is 11.6 Å². The number of nitrogens with one attached hydrogen (secondary N) is 1. The summed E-state index contributed by atoms with van der Waals surface area (Å²) in [6.45, 7) is 5.35. The van der Waals surface area contributed by atoms with Gasteiger partial charge in [0, 0.05) is 82.9 Å². The number of amides is 1. The maximum atomic E-state index is 13.6. The third-order valence-electron chi connectivity index (χ3n) is 14.2. The van der Waals surface area contributed by atoms with Gasteiger partial charge in [-0.15, -0.1) is 22.6 Å². The molecule has 86 heavy (non-hydrogen) atoms. The van der Waals surface area contributed by atoms with Crippen LogP contribution in [0.4, 0.5) is 76.2 Å². The van der Waals surface area contributed by atoms with E-state index in [1.165, 1.54) is 56.5 Å². The smallest absolute Gasteiger partial charge is 0.416 e. The van der Waals surface area contributed by atoms with Gasteiger partial charge in [-0.3, -0.25) is 4.79 Å². The number of pyridine rings is 2. The number of aryl methyl sites for hydroxylation is 2. The fraction of sp³-hybridized carbons (Fsp3) is 0.519. The molecule has 2 aliphatic carbocycles. The zero-order chi connectivity index (χ0) is 62.6. The first-order valence-corrected chi connectivity index (χ1v) is 27.1. The number of rotatable bonds is 20. The van der Waals surface area contributed by atoms with Crippen LogP contribution in [0.25, 0.3) is 0 Å². The zero-order valence-electron chi connectivity index (χ0n) is 47.8. The van der Waals surface area contributed by atoms with Gasteiger partial charge in [-0.1, -0.05) is 35.9 Å². The van der Waals surface area contributed by atoms with Crippen molar-refractivity contribution in [2.75, 3.05) is 59.9 Å². The highest BCUT2D eigenvalue weighted by Crippen LogP contribution is 2.40. The number of carbonyl (C=O) groups excluding carboxylic acids is 1. The van der Waals surface area contributed by atoms with Gasteiger partial charge in [-0.25, -0.2) is 14.8 Å². The summed E-state index contributed by atoms with van der Waals surface area (Å²) >= 11 is 0. The van der Waals surface area contributed by atoms with E-state index < -0.39 is 71.9 Å². The molecule has 32 heteroatoms. The number of carbonyl (C=O) groups is 2. The number of aromatic nitrogens is 10. The largest absolute Gasteiger partial charge is 0.478 e. The lowest BCUT2D eigenvalue weighted by Gasteiger charge is -2.29. The molecule has 0 atom stereocenters. The SMILES string of the molecule is CCN(CC1CCCC1)c1ncc(C(=O)NC)cc1CN(Cc1cc(C(F)(F)F)cc(C(F)(F)F)c1)c1nnn(C)n1.CCN(CC1CCCC1)c1ncc(C(=O)O)cc1CN(Cc1cc(C(F)(F)F)cc(C(F)(F)F)c1)c1nnn(C)n1.CN.Cl. The Bertz CT molecular complexity index is 3120. The van der Waals surface area contributed by atoms with Crippen molar-refractivity contribution in [1.29, 1.82) is 0 Å². The van der Waals surface area contributed by atoms with E-state index in [1.807, 2.05) is 18.7 Å². The molecule has 4 N–H and O–H groups in total. The highest BCUT2D eigenvalue weighted by molar-refractivity contribution is 5.94. The second-order valence-electron chi connectivity index (χ2n) is 20.4. The maximum Gasteiger partial charge on any atom is 0.416 e. The molecular weight excluding hydrogens is 1180 g/mol. The third-order valence-corrected chi connectivity index (χ3v) is 14.2. The highest BCUT2D eigenvalue weighted by atomic mass is 35.5. The molecule has 1 amide bonds. The minimum absolute atomic E-state index is 0. The number of alkyl halides is 12. The average molecular weight is 1250 g/mol. The van der Waals surface area contributed by atoms with Crippen LogP contribution in [0.3, 0.4) is 0 Å². The summed E-state index contributed by atoms with van der Waals surface area (Å²) in [5.74, 6) is 0.202. The summed E-state index contributed by atoms with van der Waals surface area (Å²) in [6, 6.07) is 5.82. The molecule has 2 aliphatic rings. The fourth-order valence-electron chi connectivity index (χ4n) is 10.2. The maximum absolute atomic E-state index is 13.6. The number of benzene rings is 2. The molecule has 6 aromatic rings. The molecule has 0 radical (unpaired) electrons. The van der Waals surface area contributed by atoms with Gasteiger partial charge < -0.3 is 35.8 Å². The van der Waals surface area contributed by atoms with E-state index in [4.69, 9.17) is 0 Å². The standard InChI is InChI=1S/C27H32F6N8O.C26H29F6N7O2.CH5N.ClH/c1-4-40(14-17-7-5-6-8-17)23-20(11-19(13-35-23)24(42)34-2)16-41(25-36-38-39(3)37-25)15-18-9-21(26(28,29)30)12-22(10-18)27(31,32)33;1-3-38(13-16-6-4-5-7-16)22-19(10-18(12-33-22)23(40)41)15-39(24-34-36-37(2)35-24)14-17-8-20(25(27,28)29)11-21(9-17)26(30,31)32;1-2;/h9-13,17H,4-8,14-16H2,1-3H3,(H,34,42);8-12,16H,3-7,13-15H2,1-2H3,(H,40,41);2H2,1H3;1H. The van der Waals surface area contributed by atoms with Crippen molar-refractivity contribution in [2.24, 2.45) is 31.7 Å². The Balaban J connectivity index is 0.000000302. The molecule has 19 nitrogen and oxygen atoms in total. The minimum atomic E-state index is -5.01. The van der Waals surface area contributed by atoms with Gasteiger partial charge in [0.2, 0.25) is 0 Å². The number of halogens is 13. The van der Waals surface area contributed by atoms with E-state index in [1.54, 1.807) is 6.07 Å². The summed E-state index contributed by atoms with van der Waals surface area (Å²) in [4.78, 5) is 42.3. The molecule has 8 rings (SSSR count). The molecule has 0 spiro atoms. The summed E-state index contributed by atoms with van der Waals surface area (Å²) < 4.78 is 163. The monoisotopic (exact) mass is 1250 g/mol. The lowest BCUT2D eigenvalue weighted by molar-refractivity contribution is -0.144. The molecule has 0 bridgehead atoms. The summed E-state index contributed by atoms with van der Waals surface area (Å²) in [6.07, 6.45) is -8.58. The van der Waals surface area contributed by atoms with Crippen LogP contribution in [0, 0.1) is 11.8 Å². The van der Waals surface area contributed by atoms with E-state index >= 15 is 0 Å². The predicted octanol–water partition coefficient (Wildman–Crippen LogP) is 10.8. The van der Waals surface area contributed by atoms with Crippen molar-refractivity contribution in [3.05, 3.63) is 117 Å². The fourth-order valence-corrected chi connectivity index (χ4v) is 10.2. The molecule has 4 heterocycles. The Labute approximate surface area is 493 Å². The molecular formula is C54H67ClF12N16O3. The summed E-state index contributed by atoms with van der Waals surface area (Å²) in [5, 5.41) is 35.9. The van der Waals surface area contributed by atoms with E-state index in [2.05, 4.69) is 56.7 Å². The topological polar surface area (TPSA) is 218 Å². The van der Waals surface area contributed by atoms with Gasteiger partial charge in [0.05, 0.1) is 47.5 Å². The molecule has 2 fully saturated rings. The average Bonchev–Trinajstić information content (AvgIpc) is 3.07. The summed E-state index contributed by atoms with van der Waals surface area (Å²) in [7, 11) is 5.91. The molecule has 0 aliphatic heterocycles. The van der Waals surface area contributed by atoms with Crippen LogP contribution in [0.5, 0.6) is 0 Å². The van der Waals surface area contributed by atoms with Gasteiger partial charge >= 0.3 is 30.7 Å². The lowest BCUT2D eigenvalue weighted by atomic mass is 10.0. The van der Waals surface area contributed by atoms with Gasteiger partial charge in [-0.05, 0) is 128 Å². The van der Waals surface area contributed by atoms with Crippen LogP contribution in [0.1, 0.15) is 130 Å². The number of nitrogens with zero attached hydrogens (tertiary/aromatic N) is 14. The van der Waals surface area contributed by atoms with E-state index in [-0.39, 0.29) is 71.8 Å². The number of nitrogens with two attached hydrogens (primary N) is 1. The van der Waals surface area contributed by atoms with Crippen LogP contribution in [0.2, 0.25) is 0 Å². The minimum Gasteiger partial charge on any atom is -0.478 e. The second kappa shape index (κ2) is 29.7. The highest BCUT2D eigenvalue weighted by Gasteiger charge is 2.39. The molecule has 0 saturated heterocycles. The second-order valence-corrected chi connectivity index (χ2v) is 20.4. The molecule has 472 valence electrons. The van der Waals surface area contributed by atoms with Gasteiger partial charge in [0.15, 0.2) is 0 Å². The number of aromatic carboxylic acids is 1. The molecule has 0 unspecified atom stereocenters. The van der Waals surface area contributed by atoms with Crippen molar-refractivity contribution in [3.63, 3.8) is 0 Å². The van der Waals surface area contributed by atoms with E-state index in [0.29, 0.717) is 78.5 Å². The first kappa shape index (κ1) is 69.2. The Morgan fingerprint density at radius 3 is 1.19 bits per heavy atom. The number of carboxylic acids is 1. The number of hydrogen-bond donors (Lipinski definition) is 3. The Morgan fingerprint density at radius 2 is 0.895 bits per heavy atom. The van der Waals surface area contributed by atoms with Crippen LogP contribution in [-0.4, -0.2) is 108 Å². The normalized spacial score (nSPS) is 13.9. The van der Waals surface area contributed by atoms with Crippen LogP contribution >= 0.6 is 12.4 Å². The third kappa shape index (κ3) is 18.7. The van der Waals surface area contributed by atoms with Gasteiger partial charge in [-0.2, -0.15) is 62.3 Å². The number of hydrogen-bond acceptors (Lipinski definition) is 15. The number of anilines is 4. The van der Waals surface area contributed by atoms with E-state index in [9.17, 15) is 67.4 Å². The quantitative estimate of drug-likeness (QED) is 0.0605. The zero-order valence-corrected chi connectivity index (χ0v) is 48.6. The number of tetrazole rings is 2. The molecule has 2 aromatic carbocycles. The van der Waals surface area contributed by atoms with Crippen molar-refractivity contribution in [1.82, 2.24) is 55.7 Å². The van der Waals surface area contributed by atoms with Crippen molar-refractivity contribution in [3.8, 4) is 0 Å². The Kier molecular flexibility index (Phi) is 23.9. The van der Waals surface area contributed by atoms with Crippen LogP contribution in [0.15, 0.2) is 60.9 Å². The molecule has 2 saturated carbocycles. The Hall–Kier alpha value is -7.57. The summed E-state index contributed by atoms with van der Waals surface area (Å²) in [5.41, 5.74) is -0.705. The predicted molar refractivity (Wildman–Crippen MR) is 296 cm³/mol. The van der Waals surface area contributed by atoms with Crippen LogP contribution in [-0.2, 0) is 65.0 Å². The van der Waals surface area contributed by atoms with E-state index in [0.717, 1.165) is 67.5 Å². The molecule has 4 aromatic heterocycles. The Morgan fingerprint density at radius 1 is 0.558 bits per heavy atom. The first-order chi connectivity index (χ1) is 40.0. The van der Waals surface area contributed by atoms with Crippen LogP contribution < -0.4 is 30.7 Å². The van der Waals surface area contributed by atoms with Crippen molar-refractivity contribution < 1.29 is 67.4 Å².